The second kappa shape index (κ2) is 9.69. The van der Waals surface area contributed by atoms with Gasteiger partial charge in [-0.15, -0.1) is 0 Å². The molecule has 0 spiro atoms. The molecule has 3 aromatic carbocycles. The lowest BCUT2D eigenvalue weighted by molar-refractivity contribution is -0.112. The number of carbonyl (C=O) groups excluding carboxylic acids is 1. The fraction of sp³-hybridized carbons (Fsp3) is 0. The van der Waals surface area contributed by atoms with Gasteiger partial charge in [-0.25, -0.2) is 0 Å². The van der Waals surface area contributed by atoms with Gasteiger partial charge in [0.2, 0.25) is 0 Å². The van der Waals surface area contributed by atoms with Crippen molar-refractivity contribution in [2.45, 2.75) is 9.79 Å². The molecule has 0 radical (unpaired) electrons. The van der Waals surface area contributed by atoms with Crippen LogP contribution in [-0.2, 0) is 4.79 Å². The van der Waals surface area contributed by atoms with Crippen molar-refractivity contribution < 1.29 is 4.79 Å². The third-order valence-electron chi connectivity index (χ3n) is 3.84. The van der Waals surface area contributed by atoms with Crippen LogP contribution in [0.15, 0.2) is 94.4 Å². The smallest absolute Gasteiger partial charge is 0.267 e. The third kappa shape index (κ3) is 5.55. The molecule has 0 aromatic heterocycles. The van der Waals surface area contributed by atoms with Crippen molar-refractivity contribution in [2.75, 3.05) is 16.4 Å². The quantitative estimate of drug-likeness (QED) is 0.277. The summed E-state index contributed by atoms with van der Waals surface area (Å²) in [5.41, 5.74) is 7.22. The Bertz CT molecular complexity index is 1090. The molecule has 0 aliphatic rings. The standard InChI is InChI=1S/C22H17ClN4OS/c23-18-12-16(25)10-11-19(18)27-22(28)15(13-24)14-26-20-8-4-5-9-21(20)29-17-6-2-1-3-7-17/h1-12,14,26H,25H2,(H,27,28)/b15-14-. The number of para-hydroxylation sites is 1. The largest absolute Gasteiger partial charge is 0.399 e. The van der Waals surface area contributed by atoms with Crippen LogP contribution >= 0.6 is 23.4 Å². The Hall–Kier alpha value is -3.40. The van der Waals surface area contributed by atoms with Crippen LogP contribution in [0.1, 0.15) is 0 Å². The third-order valence-corrected chi connectivity index (χ3v) is 5.23. The number of carbonyl (C=O) groups is 1. The molecule has 0 fully saturated rings. The first-order valence-corrected chi connectivity index (χ1v) is 9.81. The molecule has 3 aromatic rings. The first-order chi connectivity index (χ1) is 14.1. The normalized spacial score (nSPS) is 10.8. The number of nitriles is 1. The van der Waals surface area contributed by atoms with E-state index in [9.17, 15) is 10.1 Å². The molecule has 0 atom stereocenters. The highest BCUT2D eigenvalue weighted by atomic mass is 35.5. The summed E-state index contributed by atoms with van der Waals surface area (Å²) in [6.07, 6.45) is 1.38. The lowest BCUT2D eigenvalue weighted by Gasteiger charge is -2.10. The molecule has 144 valence electrons. The maximum atomic E-state index is 12.4. The molecule has 29 heavy (non-hydrogen) atoms. The highest BCUT2D eigenvalue weighted by molar-refractivity contribution is 7.99. The van der Waals surface area contributed by atoms with Crippen molar-refractivity contribution in [2.24, 2.45) is 0 Å². The highest BCUT2D eigenvalue weighted by Crippen LogP contribution is 2.33. The maximum Gasteiger partial charge on any atom is 0.267 e. The van der Waals surface area contributed by atoms with Gasteiger partial charge in [-0.1, -0.05) is 53.7 Å². The van der Waals surface area contributed by atoms with Crippen LogP contribution < -0.4 is 16.4 Å². The lowest BCUT2D eigenvalue weighted by atomic mass is 10.2. The van der Waals surface area contributed by atoms with Gasteiger partial charge in [-0.3, -0.25) is 4.79 Å². The maximum absolute atomic E-state index is 12.4. The Morgan fingerprint density at radius 1 is 1.03 bits per heavy atom. The van der Waals surface area contributed by atoms with E-state index in [1.165, 1.54) is 12.3 Å². The topological polar surface area (TPSA) is 90.9 Å². The minimum atomic E-state index is -0.570. The van der Waals surface area contributed by atoms with Crippen molar-refractivity contribution in [1.82, 2.24) is 0 Å². The van der Waals surface area contributed by atoms with Crippen LogP contribution in [0.2, 0.25) is 5.02 Å². The Balaban J connectivity index is 1.75. The Morgan fingerprint density at radius 2 is 1.76 bits per heavy atom. The number of nitrogen functional groups attached to an aromatic ring is 1. The monoisotopic (exact) mass is 420 g/mol. The fourth-order valence-corrected chi connectivity index (χ4v) is 3.58. The van der Waals surface area contributed by atoms with Gasteiger partial charge in [0.1, 0.15) is 11.6 Å². The zero-order chi connectivity index (χ0) is 20.6. The van der Waals surface area contributed by atoms with Gasteiger partial charge in [0.25, 0.3) is 5.91 Å². The SMILES string of the molecule is N#C/C(=C/Nc1ccccc1Sc1ccccc1)C(=O)Nc1ccc(N)cc1Cl. The molecule has 0 aliphatic carbocycles. The summed E-state index contributed by atoms with van der Waals surface area (Å²) in [4.78, 5) is 14.5. The van der Waals surface area contributed by atoms with Crippen LogP contribution in [0.3, 0.4) is 0 Å². The first-order valence-electron chi connectivity index (χ1n) is 8.62. The number of hydrogen-bond donors (Lipinski definition) is 3. The molecule has 0 unspecified atom stereocenters. The number of nitrogens with one attached hydrogen (secondary N) is 2. The number of nitrogens with zero attached hydrogens (tertiary/aromatic N) is 1. The average Bonchev–Trinajstić information content (AvgIpc) is 2.72. The van der Waals surface area contributed by atoms with Crippen molar-refractivity contribution in [3.63, 3.8) is 0 Å². The van der Waals surface area contributed by atoms with Gasteiger partial charge in [-0.2, -0.15) is 5.26 Å². The minimum absolute atomic E-state index is 0.0857. The van der Waals surface area contributed by atoms with E-state index >= 15 is 0 Å². The van der Waals surface area contributed by atoms with Gasteiger partial charge >= 0.3 is 0 Å². The zero-order valence-corrected chi connectivity index (χ0v) is 16.8. The molecule has 0 aliphatic heterocycles. The molecule has 5 nitrogen and oxygen atoms in total. The number of nitrogens with two attached hydrogens (primary N) is 1. The Labute approximate surface area is 178 Å². The van der Waals surface area contributed by atoms with Crippen molar-refractivity contribution in [3.8, 4) is 6.07 Å². The van der Waals surface area contributed by atoms with Gasteiger partial charge in [0, 0.05) is 21.7 Å². The van der Waals surface area contributed by atoms with Crippen molar-refractivity contribution >= 4 is 46.3 Å². The fourth-order valence-electron chi connectivity index (χ4n) is 2.41. The molecule has 1 amide bonds. The minimum Gasteiger partial charge on any atom is -0.399 e. The number of anilines is 3. The van der Waals surface area contributed by atoms with Crippen LogP contribution in [0.25, 0.3) is 0 Å². The number of hydrogen-bond acceptors (Lipinski definition) is 5. The number of amides is 1. The van der Waals surface area contributed by atoms with Crippen molar-refractivity contribution in [1.29, 1.82) is 5.26 Å². The molecular weight excluding hydrogens is 404 g/mol. The summed E-state index contributed by atoms with van der Waals surface area (Å²) < 4.78 is 0. The van der Waals surface area contributed by atoms with Gasteiger partial charge in [0.05, 0.1) is 16.4 Å². The highest BCUT2D eigenvalue weighted by Gasteiger charge is 2.12. The molecule has 0 saturated carbocycles. The van der Waals surface area contributed by atoms with E-state index in [0.717, 1.165) is 15.5 Å². The molecule has 4 N–H and O–H groups in total. The predicted octanol–water partition coefficient (Wildman–Crippen LogP) is 5.53. The number of benzene rings is 3. The van der Waals surface area contributed by atoms with Gasteiger partial charge in [-0.05, 0) is 42.5 Å². The molecule has 3 rings (SSSR count). The number of halogens is 1. The van der Waals surface area contributed by atoms with Crippen LogP contribution in [0, 0.1) is 11.3 Å². The second-order valence-electron chi connectivity index (χ2n) is 5.92. The van der Waals surface area contributed by atoms with Crippen LogP contribution in [-0.4, -0.2) is 5.91 Å². The van der Waals surface area contributed by atoms with Gasteiger partial charge < -0.3 is 16.4 Å². The predicted molar refractivity (Wildman–Crippen MR) is 119 cm³/mol. The lowest BCUT2D eigenvalue weighted by Crippen LogP contribution is -2.15. The van der Waals surface area contributed by atoms with E-state index in [0.29, 0.717) is 16.4 Å². The van der Waals surface area contributed by atoms with E-state index in [4.69, 9.17) is 17.3 Å². The molecule has 0 saturated heterocycles. The van der Waals surface area contributed by atoms with Gasteiger partial charge in [0.15, 0.2) is 0 Å². The Morgan fingerprint density at radius 3 is 2.48 bits per heavy atom. The summed E-state index contributed by atoms with van der Waals surface area (Å²) in [7, 11) is 0. The molecule has 0 bridgehead atoms. The Kier molecular flexibility index (Phi) is 6.80. The van der Waals surface area contributed by atoms with E-state index < -0.39 is 5.91 Å². The number of rotatable bonds is 6. The second-order valence-corrected chi connectivity index (χ2v) is 7.44. The average molecular weight is 421 g/mol. The summed E-state index contributed by atoms with van der Waals surface area (Å²) in [6, 6.07) is 24.2. The molecule has 0 heterocycles. The first kappa shape index (κ1) is 20.3. The van der Waals surface area contributed by atoms with Crippen molar-refractivity contribution in [3.05, 3.63) is 89.6 Å². The summed E-state index contributed by atoms with van der Waals surface area (Å²) in [5, 5.41) is 15.4. The van der Waals surface area contributed by atoms with E-state index in [1.807, 2.05) is 60.7 Å². The summed E-state index contributed by atoms with van der Waals surface area (Å²) >= 11 is 7.66. The van der Waals surface area contributed by atoms with E-state index in [1.54, 1.807) is 23.9 Å². The van der Waals surface area contributed by atoms with Crippen LogP contribution in [0.4, 0.5) is 17.1 Å². The summed E-state index contributed by atoms with van der Waals surface area (Å²) in [5.74, 6) is -0.570. The summed E-state index contributed by atoms with van der Waals surface area (Å²) in [6.45, 7) is 0. The van der Waals surface area contributed by atoms with E-state index in [-0.39, 0.29) is 5.57 Å². The van der Waals surface area contributed by atoms with E-state index in [2.05, 4.69) is 10.6 Å². The van der Waals surface area contributed by atoms with Crippen LogP contribution in [0.5, 0.6) is 0 Å². The zero-order valence-electron chi connectivity index (χ0n) is 15.2. The molecular formula is C22H17ClN4OS. The molecule has 7 heteroatoms.